The average molecular weight is 270 g/mol. The summed E-state index contributed by atoms with van der Waals surface area (Å²) < 4.78 is 0. The molecule has 0 saturated carbocycles. The van der Waals surface area contributed by atoms with Crippen LogP contribution in [0.3, 0.4) is 0 Å². The van der Waals surface area contributed by atoms with E-state index in [0.717, 1.165) is 0 Å². The van der Waals surface area contributed by atoms with Gasteiger partial charge in [0.05, 0.1) is 17.1 Å². The highest BCUT2D eigenvalue weighted by molar-refractivity contribution is 6.33. The van der Waals surface area contributed by atoms with Crippen molar-refractivity contribution in [2.75, 3.05) is 6.54 Å². The number of pyridine rings is 1. The van der Waals surface area contributed by atoms with Gasteiger partial charge < -0.3 is 10.6 Å². The Balaban J connectivity index is 2.52. The predicted molar refractivity (Wildman–Crippen MR) is 69.5 cm³/mol. The summed E-state index contributed by atoms with van der Waals surface area (Å²) in [4.78, 5) is 27.0. The van der Waals surface area contributed by atoms with Crippen molar-refractivity contribution in [3.05, 3.63) is 29.0 Å². The van der Waals surface area contributed by atoms with Crippen LogP contribution in [0.4, 0.5) is 0 Å². The zero-order chi connectivity index (χ0) is 13.8. The van der Waals surface area contributed by atoms with Crippen molar-refractivity contribution in [2.45, 2.75) is 26.3 Å². The van der Waals surface area contributed by atoms with Gasteiger partial charge in [-0.05, 0) is 26.8 Å². The zero-order valence-electron chi connectivity index (χ0n) is 10.6. The monoisotopic (exact) mass is 269 g/mol. The van der Waals surface area contributed by atoms with Crippen LogP contribution in [0.5, 0.6) is 0 Å². The van der Waals surface area contributed by atoms with Gasteiger partial charge in [-0.15, -0.1) is 0 Å². The quantitative estimate of drug-likeness (QED) is 0.871. The summed E-state index contributed by atoms with van der Waals surface area (Å²) in [6.07, 6.45) is 2.85. The summed E-state index contributed by atoms with van der Waals surface area (Å²) in [5.74, 6) is -0.673. The van der Waals surface area contributed by atoms with Crippen molar-refractivity contribution in [2.24, 2.45) is 0 Å². The fourth-order valence-electron chi connectivity index (χ4n) is 1.26. The van der Waals surface area contributed by atoms with E-state index >= 15 is 0 Å². The molecular formula is C12H16ClN3O2. The predicted octanol–water partition coefficient (Wildman–Crippen LogP) is 1.38. The highest BCUT2D eigenvalue weighted by atomic mass is 35.5. The molecule has 0 aliphatic carbocycles. The van der Waals surface area contributed by atoms with E-state index in [-0.39, 0.29) is 23.6 Å². The fourth-order valence-corrected chi connectivity index (χ4v) is 1.45. The first-order valence-electron chi connectivity index (χ1n) is 5.48. The van der Waals surface area contributed by atoms with Gasteiger partial charge in [-0.3, -0.25) is 14.6 Å². The maximum Gasteiger partial charge on any atom is 0.254 e. The van der Waals surface area contributed by atoms with E-state index in [0.29, 0.717) is 5.02 Å². The molecule has 0 unspecified atom stereocenters. The third-order valence-corrected chi connectivity index (χ3v) is 2.27. The van der Waals surface area contributed by atoms with Crippen molar-refractivity contribution in [1.29, 1.82) is 0 Å². The first-order chi connectivity index (χ1) is 8.29. The molecule has 18 heavy (non-hydrogen) atoms. The van der Waals surface area contributed by atoms with Gasteiger partial charge in [0.25, 0.3) is 5.91 Å². The van der Waals surface area contributed by atoms with E-state index in [1.165, 1.54) is 18.5 Å². The van der Waals surface area contributed by atoms with Gasteiger partial charge in [0.15, 0.2) is 0 Å². The molecule has 0 atom stereocenters. The lowest BCUT2D eigenvalue weighted by molar-refractivity contribution is -0.121. The molecule has 0 bridgehead atoms. The largest absolute Gasteiger partial charge is 0.350 e. The molecule has 0 aliphatic rings. The zero-order valence-corrected chi connectivity index (χ0v) is 11.3. The lowest BCUT2D eigenvalue weighted by atomic mass is 10.1. The highest BCUT2D eigenvalue weighted by Gasteiger charge is 2.15. The lowest BCUT2D eigenvalue weighted by Gasteiger charge is -2.20. The number of hydrogen-bond acceptors (Lipinski definition) is 3. The van der Waals surface area contributed by atoms with Crippen LogP contribution in [-0.4, -0.2) is 28.9 Å². The van der Waals surface area contributed by atoms with Crippen molar-refractivity contribution in [3.8, 4) is 0 Å². The number of amides is 2. The van der Waals surface area contributed by atoms with Crippen LogP contribution < -0.4 is 10.6 Å². The van der Waals surface area contributed by atoms with Gasteiger partial charge in [0.1, 0.15) is 0 Å². The second-order valence-corrected chi connectivity index (χ2v) is 5.24. The Morgan fingerprint density at radius 1 is 1.39 bits per heavy atom. The topological polar surface area (TPSA) is 71.1 Å². The molecule has 1 aromatic rings. The van der Waals surface area contributed by atoms with Crippen LogP contribution in [-0.2, 0) is 4.79 Å². The van der Waals surface area contributed by atoms with Gasteiger partial charge >= 0.3 is 0 Å². The molecule has 0 radical (unpaired) electrons. The molecule has 0 aliphatic heterocycles. The Hall–Kier alpha value is -1.62. The Morgan fingerprint density at radius 3 is 2.61 bits per heavy atom. The first-order valence-corrected chi connectivity index (χ1v) is 5.86. The second kappa shape index (κ2) is 5.82. The van der Waals surface area contributed by atoms with Crippen LogP contribution in [0.25, 0.3) is 0 Å². The third-order valence-electron chi connectivity index (χ3n) is 1.94. The Labute approximate surface area is 111 Å². The van der Waals surface area contributed by atoms with Crippen LogP contribution >= 0.6 is 11.6 Å². The molecular weight excluding hydrogens is 254 g/mol. The Kier molecular flexibility index (Phi) is 4.67. The van der Waals surface area contributed by atoms with Crippen molar-refractivity contribution in [1.82, 2.24) is 15.6 Å². The van der Waals surface area contributed by atoms with Gasteiger partial charge in [0.2, 0.25) is 5.91 Å². The molecule has 5 nitrogen and oxygen atoms in total. The van der Waals surface area contributed by atoms with E-state index in [9.17, 15) is 9.59 Å². The molecule has 98 valence electrons. The SMILES string of the molecule is CC(C)(C)NC(=O)CNC(=O)c1cnccc1Cl. The van der Waals surface area contributed by atoms with Gasteiger partial charge in [0, 0.05) is 17.9 Å². The second-order valence-electron chi connectivity index (χ2n) is 4.84. The van der Waals surface area contributed by atoms with E-state index in [1.807, 2.05) is 20.8 Å². The summed E-state index contributed by atoms with van der Waals surface area (Å²) >= 11 is 5.84. The first kappa shape index (κ1) is 14.4. The van der Waals surface area contributed by atoms with Gasteiger partial charge in [-0.2, -0.15) is 0 Å². The Morgan fingerprint density at radius 2 is 2.06 bits per heavy atom. The molecule has 6 heteroatoms. The molecule has 0 fully saturated rings. The number of carbonyl (C=O) groups is 2. The van der Waals surface area contributed by atoms with Crippen molar-refractivity contribution >= 4 is 23.4 Å². The average Bonchev–Trinajstić information content (AvgIpc) is 2.24. The summed E-state index contributed by atoms with van der Waals surface area (Å²) in [6.45, 7) is 5.50. The maximum absolute atomic E-state index is 11.7. The minimum atomic E-state index is -0.419. The molecule has 0 aromatic carbocycles. The minimum absolute atomic E-state index is 0.0959. The van der Waals surface area contributed by atoms with Crippen LogP contribution in [0.2, 0.25) is 5.02 Å². The van der Waals surface area contributed by atoms with E-state index in [2.05, 4.69) is 15.6 Å². The normalized spacial score (nSPS) is 10.9. The number of halogens is 1. The van der Waals surface area contributed by atoms with E-state index in [4.69, 9.17) is 11.6 Å². The summed E-state index contributed by atoms with van der Waals surface area (Å²) in [5.41, 5.74) is -0.0731. The van der Waals surface area contributed by atoms with E-state index in [1.54, 1.807) is 0 Å². The number of carbonyl (C=O) groups excluding carboxylic acids is 2. The number of nitrogens with zero attached hydrogens (tertiary/aromatic N) is 1. The molecule has 1 aromatic heterocycles. The molecule has 2 amide bonds. The van der Waals surface area contributed by atoms with Gasteiger partial charge in [-0.25, -0.2) is 0 Å². The molecule has 1 heterocycles. The van der Waals surface area contributed by atoms with E-state index < -0.39 is 5.91 Å². The Bertz CT molecular complexity index is 455. The van der Waals surface area contributed by atoms with Crippen LogP contribution in [0, 0.1) is 0 Å². The smallest absolute Gasteiger partial charge is 0.254 e. The third kappa shape index (κ3) is 4.71. The van der Waals surface area contributed by atoms with Crippen molar-refractivity contribution < 1.29 is 9.59 Å². The maximum atomic E-state index is 11.7. The van der Waals surface area contributed by atoms with Crippen LogP contribution in [0.1, 0.15) is 31.1 Å². The summed E-state index contributed by atoms with van der Waals surface area (Å²) in [6, 6.07) is 1.52. The minimum Gasteiger partial charge on any atom is -0.350 e. The highest BCUT2D eigenvalue weighted by Crippen LogP contribution is 2.12. The van der Waals surface area contributed by atoms with Crippen molar-refractivity contribution in [3.63, 3.8) is 0 Å². The fraction of sp³-hybridized carbons (Fsp3) is 0.417. The number of aromatic nitrogens is 1. The van der Waals surface area contributed by atoms with Gasteiger partial charge in [-0.1, -0.05) is 11.6 Å². The molecule has 0 spiro atoms. The standard InChI is InChI=1S/C12H16ClN3O2/c1-12(2,3)16-10(17)7-15-11(18)8-6-14-5-4-9(8)13/h4-6H,7H2,1-3H3,(H,15,18)(H,16,17). The lowest BCUT2D eigenvalue weighted by Crippen LogP contribution is -2.45. The molecule has 0 saturated heterocycles. The number of nitrogens with one attached hydrogen (secondary N) is 2. The van der Waals surface area contributed by atoms with Crippen LogP contribution in [0.15, 0.2) is 18.5 Å². The molecule has 1 rings (SSSR count). The summed E-state index contributed by atoms with van der Waals surface area (Å²) in [5, 5.41) is 5.53. The number of rotatable bonds is 3. The number of hydrogen-bond donors (Lipinski definition) is 2. The molecule has 2 N–H and O–H groups in total. The summed E-state index contributed by atoms with van der Waals surface area (Å²) in [7, 11) is 0.